The molecule has 1 aromatic rings. The van der Waals surface area contributed by atoms with Gasteiger partial charge in [-0.15, -0.1) is 0 Å². The zero-order valence-corrected chi connectivity index (χ0v) is 11.5. The van der Waals surface area contributed by atoms with E-state index >= 15 is 0 Å². The second-order valence-corrected chi connectivity index (χ2v) is 5.21. The number of rotatable bonds is 5. The van der Waals surface area contributed by atoms with Crippen LogP contribution in [0.1, 0.15) is 19.4 Å². The molecule has 4 heteroatoms. The summed E-state index contributed by atoms with van der Waals surface area (Å²) in [7, 11) is 1.71. The van der Waals surface area contributed by atoms with Crippen LogP contribution in [0.2, 0.25) is 0 Å². The lowest BCUT2D eigenvalue weighted by molar-refractivity contribution is 0.0230. The van der Waals surface area contributed by atoms with Crippen LogP contribution in [0.15, 0.2) is 22.7 Å². The summed E-state index contributed by atoms with van der Waals surface area (Å²) in [5.74, 6) is 0.265. The summed E-state index contributed by atoms with van der Waals surface area (Å²) in [4.78, 5) is 0. The fourth-order valence-electron chi connectivity index (χ4n) is 1.24. The molecule has 0 amide bonds. The Labute approximate surface area is 105 Å². The Morgan fingerprint density at radius 1 is 1.44 bits per heavy atom. The van der Waals surface area contributed by atoms with Crippen molar-refractivity contribution >= 4 is 15.9 Å². The monoisotopic (exact) mass is 287 g/mol. The van der Waals surface area contributed by atoms with Crippen molar-refractivity contribution in [3.05, 3.63) is 28.2 Å². The van der Waals surface area contributed by atoms with Gasteiger partial charge in [0.2, 0.25) is 0 Å². The molecule has 1 aromatic carbocycles. The van der Waals surface area contributed by atoms with Crippen LogP contribution in [0, 0.1) is 0 Å². The molecule has 0 saturated heterocycles. The van der Waals surface area contributed by atoms with Gasteiger partial charge in [0, 0.05) is 20.2 Å². The van der Waals surface area contributed by atoms with E-state index in [1.165, 1.54) is 0 Å². The number of hydrogen-bond acceptors (Lipinski definition) is 3. The highest BCUT2D eigenvalue weighted by Crippen LogP contribution is 2.24. The van der Waals surface area contributed by atoms with Gasteiger partial charge in [-0.05, 0) is 47.5 Å². The van der Waals surface area contributed by atoms with E-state index in [4.69, 9.17) is 4.74 Å². The SMILES string of the molecule is COC(C)(C)CNCc1ccc(O)c(Br)c1. The van der Waals surface area contributed by atoms with Gasteiger partial charge in [-0.3, -0.25) is 0 Å². The Morgan fingerprint density at radius 2 is 2.12 bits per heavy atom. The quantitative estimate of drug-likeness (QED) is 0.875. The first-order valence-corrected chi connectivity index (χ1v) is 5.97. The van der Waals surface area contributed by atoms with E-state index in [1.807, 2.05) is 26.0 Å². The number of nitrogens with one attached hydrogen (secondary N) is 1. The lowest BCUT2D eigenvalue weighted by atomic mass is 10.1. The molecule has 0 unspecified atom stereocenters. The maximum absolute atomic E-state index is 9.35. The average molecular weight is 288 g/mol. The molecule has 0 atom stereocenters. The third-order valence-corrected chi connectivity index (χ3v) is 3.08. The van der Waals surface area contributed by atoms with Crippen LogP contribution < -0.4 is 5.32 Å². The molecular formula is C12H18BrNO2. The molecule has 0 saturated carbocycles. The Bertz CT molecular complexity index is 353. The molecule has 1 rings (SSSR count). The predicted octanol–water partition coefficient (Wildman–Crippen LogP) is 2.67. The summed E-state index contributed by atoms with van der Waals surface area (Å²) >= 11 is 3.29. The molecule has 0 aliphatic rings. The van der Waals surface area contributed by atoms with Crippen molar-refractivity contribution < 1.29 is 9.84 Å². The first kappa shape index (κ1) is 13.5. The molecule has 0 aromatic heterocycles. The van der Waals surface area contributed by atoms with Crippen molar-refractivity contribution in [1.29, 1.82) is 0 Å². The number of phenols is 1. The molecule has 0 fully saturated rings. The standard InChI is InChI=1S/C12H18BrNO2/c1-12(2,16-3)8-14-7-9-4-5-11(15)10(13)6-9/h4-6,14-15H,7-8H2,1-3H3. The van der Waals surface area contributed by atoms with Gasteiger partial charge in [0.1, 0.15) is 5.75 Å². The Hall–Kier alpha value is -0.580. The van der Waals surface area contributed by atoms with E-state index in [1.54, 1.807) is 13.2 Å². The van der Waals surface area contributed by atoms with Gasteiger partial charge in [0.05, 0.1) is 10.1 Å². The molecular weight excluding hydrogens is 270 g/mol. The average Bonchev–Trinajstić information content (AvgIpc) is 2.23. The minimum Gasteiger partial charge on any atom is -0.507 e. The highest BCUT2D eigenvalue weighted by atomic mass is 79.9. The number of phenolic OH excluding ortho intramolecular Hbond substituents is 1. The van der Waals surface area contributed by atoms with E-state index in [2.05, 4.69) is 21.2 Å². The molecule has 0 aliphatic heterocycles. The van der Waals surface area contributed by atoms with Crippen LogP contribution in [0.25, 0.3) is 0 Å². The Morgan fingerprint density at radius 3 is 2.69 bits per heavy atom. The Balaban J connectivity index is 2.46. The van der Waals surface area contributed by atoms with Gasteiger partial charge >= 0.3 is 0 Å². The van der Waals surface area contributed by atoms with Gasteiger partial charge < -0.3 is 15.2 Å². The zero-order valence-electron chi connectivity index (χ0n) is 9.88. The molecule has 0 spiro atoms. The summed E-state index contributed by atoms with van der Waals surface area (Å²) < 4.78 is 6.03. The van der Waals surface area contributed by atoms with Gasteiger partial charge in [-0.1, -0.05) is 6.07 Å². The molecule has 0 aliphatic carbocycles. The van der Waals surface area contributed by atoms with Crippen molar-refractivity contribution in [2.24, 2.45) is 0 Å². The molecule has 0 radical (unpaired) electrons. The highest BCUT2D eigenvalue weighted by Gasteiger charge is 2.15. The molecule has 0 heterocycles. The first-order valence-electron chi connectivity index (χ1n) is 5.18. The largest absolute Gasteiger partial charge is 0.507 e. The number of hydrogen-bond donors (Lipinski definition) is 2. The van der Waals surface area contributed by atoms with Crippen molar-refractivity contribution in [3.63, 3.8) is 0 Å². The van der Waals surface area contributed by atoms with Crippen LogP contribution in [-0.2, 0) is 11.3 Å². The van der Waals surface area contributed by atoms with Crippen LogP contribution in [0.4, 0.5) is 0 Å². The molecule has 16 heavy (non-hydrogen) atoms. The van der Waals surface area contributed by atoms with Gasteiger partial charge in [0.25, 0.3) is 0 Å². The van der Waals surface area contributed by atoms with Crippen molar-refractivity contribution in [2.45, 2.75) is 26.0 Å². The van der Waals surface area contributed by atoms with Gasteiger partial charge in [-0.2, -0.15) is 0 Å². The van der Waals surface area contributed by atoms with Gasteiger partial charge in [0.15, 0.2) is 0 Å². The van der Waals surface area contributed by atoms with Crippen LogP contribution in [0.5, 0.6) is 5.75 Å². The highest BCUT2D eigenvalue weighted by molar-refractivity contribution is 9.10. The molecule has 2 N–H and O–H groups in total. The van der Waals surface area contributed by atoms with Crippen LogP contribution >= 0.6 is 15.9 Å². The number of benzene rings is 1. The summed E-state index contributed by atoms with van der Waals surface area (Å²) in [6.45, 7) is 5.60. The third-order valence-electron chi connectivity index (χ3n) is 2.44. The molecule has 90 valence electrons. The van der Waals surface area contributed by atoms with E-state index < -0.39 is 0 Å². The van der Waals surface area contributed by atoms with E-state index in [0.29, 0.717) is 0 Å². The van der Waals surface area contributed by atoms with E-state index in [0.717, 1.165) is 23.1 Å². The maximum atomic E-state index is 9.35. The zero-order chi connectivity index (χ0) is 12.2. The minimum absolute atomic E-state index is 0.159. The second-order valence-electron chi connectivity index (χ2n) is 4.35. The fraction of sp³-hybridized carbons (Fsp3) is 0.500. The van der Waals surface area contributed by atoms with Crippen molar-refractivity contribution in [2.75, 3.05) is 13.7 Å². The summed E-state index contributed by atoms with van der Waals surface area (Å²) in [5, 5.41) is 12.7. The van der Waals surface area contributed by atoms with Crippen LogP contribution in [-0.4, -0.2) is 24.4 Å². The molecule has 3 nitrogen and oxygen atoms in total. The third kappa shape index (κ3) is 4.12. The van der Waals surface area contributed by atoms with E-state index in [9.17, 15) is 5.11 Å². The number of halogens is 1. The van der Waals surface area contributed by atoms with E-state index in [-0.39, 0.29) is 11.4 Å². The summed E-state index contributed by atoms with van der Waals surface area (Å²) in [5.41, 5.74) is 0.963. The number of methoxy groups -OCH3 is 1. The second kappa shape index (κ2) is 5.66. The lowest BCUT2D eigenvalue weighted by Gasteiger charge is -2.23. The van der Waals surface area contributed by atoms with Crippen molar-refractivity contribution in [1.82, 2.24) is 5.32 Å². The van der Waals surface area contributed by atoms with Crippen LogP contribution in [0.3, 0.4) is 0 Å². The first-order chi connectivity index (χ1) is 7.44. The lowest BCUT2D eigenvalue weighted by Crippen LogP contribution is -2.36. The Kier molecular flexibility index (Phi) is 4.77. The smallest absolute Gasteiger partial charge is 0.129 e. The number of aromatic hydroxyl groups is 1. The van der Waals surface area contributed by atoms with Crippen molar-refractivity contribution in [3.8, 4) is 5.75 Å². The normalized spacial score (nSPS) is 11.8. The summed E-state index contributed by atoms with van der Waals surface area (Å²) in [6.07, 6.45) is 0. The minimum atomic E-state index is -0.159. The maximum Gasteiger partial charge on any atom is 0.129 e. The van der Waals surface area contributed by atoms with Gasteiger partial charge in [-0.25, -0.2) is 0 Å². The molecule has 0 bridgehead atoms. The number of ether oxygens (including phenoxy) is 1. The summed E-state index contributed by atoms with van der Waals surface area (Å²) in [6, 6.07) is 5.48. The topological polar surface area (TPSA) is 41.5 Å². The fourth-order valence-corrected chi connectivity index (χ4v) is 1.67. The predicted molar refractivity (Wildman–Crippen MR) is 68.6 cm³/mol.